The van der Waals surface area contributed by atoms with Crippen LogP contribution in [0.1, 0.15) is 43.0 Å². The number of ether oxygens (including phenoxy) is 1. The van der Waals surface area contributed by atoms with Crippen LogP contribution in [-0.4, -0.2) is 21.9 Å². The summed E-state index contributed by atoms with van der Waals surface area (Å²) in [6.07, 6.45) is 0. The van der Waals surface area contributed by atoms with E-state index in [0.717, 1.165) is 28.0 Å². The molecule has 35 heavy (non-hydrogen) atoms. The van der Waals surface area contributed by atoms with Crippen LogP contribution >= 0.6 is 0 Å². The van der Waals surface area contributed by atoms with E-state index in [4.69, 9.17) is 4.74 Å². The van der Waals surface area contributed by atoms with E-state index in [1.165, 1.54) is 0 Å². The van der Waals surface area contributed by atoms with E-state index in [1.807, 2.05) is 80.6 Å². The van der Waals surface area contributed by atoms with Crippen LogP contribution in [0.15, 0.2) is 97.1 Å². The molecule has 0 saturated carbocycles. The van der Waals surface area contributed by atoms with Crippen LogP contribution in [0.5, 0.6) is 11.5 Å². The average molecular weight is 466 g/mol. The minimum Gasteiger partial charge on any atom is -0.478 e. The second kappa shape index (κ2) is 10.7. The predicted molar refractivity (Wildman–Crippen MR) is 136 cm³/mol. The monoisotopic (exact) mass is 465 g/mol. The van der Waals surface area contributed by atoms with E-state index in [0.29, 0.717) is 24.4 Å². The van der Waals surface area contributed by atoms with E-state index in [2.05, 4.69) is 0 Å². The minimum atomic E-state index is -0.980. The van der Waals surface area contributed by atoms with Crippen LogP contribution in [0, 0.1) is 13.8 Å². The van der Waals surface area contributed by atoms with Crippen molar-refractivity contribution in [2.45, 2.75) is 26.9 Å². The van der Waals surface area contributed by atoms with E-state index < -0.39 is 5.97 Å². The fraction of sp³-hybridized carbons (Fsp3) is 0.133. The van der Waals surface area contributed by atoms with Crippen molar-refractivity contribution in [3.05, 3.63) is 130 Å². The zero-order valence-electron chi connectivity index (χ0n) is 19.8. The van der Waals surface area contributed by atoms with Gasteiger partial charge in [-0.25, -0.2) is 4.79 Å². The summed E-state index contributed by atoms with van der Waals surface area (Å²) in [6, 6.07) is 29.6. The van der Waals surface area contributed by atoms with Gasteiger partial charge < -0.3 is 14.7 Å². The van der Waals surface area contributed by atoms with Crippen LogP contribution in [0.3, 0.4) is 0 Å². The second-order valence-corrected chi connectivity index (χ2v) is 8.47. The number of rotatable bonds is 8. The summed E-state index contributed by atoms with van der Waals surface area (Å²) in [5.74, 6) is 0.0881. The average Bonchev–Trinajstić information content (AvgIpc) is 2.87. The van der Waals surface area contributed by atoms with Gasteiger partial charge in [0, 0.05) is 13.1 Å². The predicted octanol–water partition coefficient (Wildman–Crippen LogP) is 6.64. The third-order valence-electron chi connectivity index (χ3n) is 5.82. The Labute approximate surface area is 205 Å². The number of carboxylic acid groups (broad SMARTS) is 1. The zero-order chi connectivity index (χ0) is 24.8. The second-order valence-electron chi connectivity index (χ2n) is 8.47. The van der Waals surface area contributed by atoms with Gasteiger partial charge in [0.05, 0.1) is 11.1 Å². The van der Waals surface area contributed by atoms with Gasteiger partial charge in [-0.15, -0.1) is 0 Å². The molecule has 176 valence electrons. The molecule has 5 heteroatoms. The molecule has 0 aliphatic carbocycles. The van der Waals surface area contributed by atoms with Crippen LogP contribution in [0.25, 0.3) is 0 Å². The highest BCUT2D eigenvalue weighted by molar-refractivity contribution is 5.97. The first-order valence-corrected chi connectivity index (χ1v) is 11.4. The first-order valence-electron chi connectivity index (χ1n) is 11.4. The normalized spacial score (nSPS) is 10.6. The largest absolute Gasteiger partial charge is 0.478 e. The molecule has 0 aromatic heterocycles. The number of nitrogens with zero attached hydrogens (tertiary/aromatic N) is 1. The van der Waals surface area contributed by atoms with Gasteiger partial charge in [-0.3, -0.25) is 4.79 Å². The summed E-state index contributed by atoms with van der Waals surface area (Å²) < 4.78 is 6.27. The maximum absolute atomic E-state index is 13.9. The van der Waals surface area contributed by atoms with Crippen LogP contribution in [-0.2, 0) is 13.1 Å². The first kappa shape index (κ1) is 23.8. The fourth-order valence-electron chi connectivity index (χ4n) is 3.95. The SMILES string of the molecule is Cc1cccc(C)c1Oc1ccccc1C(=O)N(Cc1ccccc1)Cc1ccc(C(=O)O)cc1. The maximum atomic E-state index is 13.9. The molecule has 0 fully saturated rings. The Morgan fingerprint density at radius 1 is 0.714 bits per heavy atom. The lowest BCUT2D eigenvalue weighted by atomic mass is 10.1. The van der Waals surface area contributed by atoms with Crippen LogP contribution in [0.4, 0.5) is 0 Å². The molecule has 4 aromatic rings. The summed E-state index contributed by atoms with van der Waals surface area (Å²) in [5, 5.41) is 9.20. The quantitative estimate of drug-likeness (QED) is 0.317. The molecule has 0 saturated heterocycles. The highest BCUT2D eigenvalue weighted by atomic mass is 16.5. The molecule has 0 spiro atoms. The number of aromatic carboxylic acids is 1. The van der Waals surface area contributed by atoms with Crippen molar-refractivity contribution in [2.24, 2.45) is 0 Å². The van der Waals surface area contributed by atoms with Gasteiger partial charge in [-0.05, 0) is 60.4 Å². The number of carbonyl (C=O) groups excluding carboxylic acids is 1. The van der Waals surface area contributed by atoms with Crippen molar-refractivity contribution in [2.75, 3.05) is 0 Å². The molecule has 0 aliphatic heterocycles. The molecule has 4 aromatic carbocycles. The molecule has 0 aliphatic rings. The van der Waals surface area contributed by atoms with Gasteiger partial charge in [0.15, 0.2) is 0 Å². The Morgan fingerprint density at radius 3 is 1.91 bits per heavy atom. The van der Waals surface area contributed by atoms with Crippen molar-refractivity contribution < 1.29 is 19.4 Å². The molecule has 0 heterocycles. The molecule has 1 amide bonds. The molecule has 0 bridgehead atoms. The van der Waals surface area contributed by atoms with Crippen molar-refractivity contribution in [1.82, 2.24) is 4.90 Å². The zero-order valence-corrected chi connectivity index (χ0v) is 19.8. The van der Waals surface area contributed by atoms with E-state index in [1.54, 1.807) is 35.2 Å². The minimum absolute atomic E-state index is 0.169. The smallest absolute Gasteiger partial charge is 0.335 e. The molecule has 5 nitrogen and oxygen atoms in total. The lowest BCUT2D eigenvalue weighted by Crippen LogP contribution is -2.30. The first-order chi connectivity index (χ1) is 16.9. The number of aryl methyl sites for hydroxylation is 2. The standard InChI is InChI=1S/C30H27NO4/c1-21-9-8-10-22(2)28(21)35-27-14-7-6-13-26(27)29(32)31(19-23-11-4-3-5-12-23)20-24-15-17-25(18-16-24)30(33)34/h3-18H,19-20H2,1-2H3,(H,33,34). The molecule has 0 radical (unpaired) electrons. The van der Waals surface area contributed by atoms with Crippen molar-refractivity contribution in [3.63, 3.8) is 0 Å². The number of para-hydroxylation sites is 2. The van der Waals surface area contributed by atoms with Gasteiger partial charge in [-0.1, -0.05) is 72.8 Å². The molecule has 0 unspecified atom stereocenters. The Kier molecular flexibility index (Phi) is 7.27. The van der Waals surface area contributed by atoms with Gasteiger partial charge in [0.25, 0.3) is 5.91 Å². The highest BCUT2D eigenvalue weighted by Gasteiger charge is 2.21. The van der Waals surface area contributed by atoms with E-state index in [-0.39, 0.29) is 11.5 Å². The lowest BCUT2D eigenvalue weighted by molar-refractivity contribution is 0.0693. The van der Waals surface area contributed by atoms with E-state index in [9.17, 15) is 14.7 Å². The molecule has 0 atom stereocenters. The van der Waals surface area contributed by atoms with Crippen LogP contribution < -0.4 is 4.74 Å². The number of benzene rings is 4. The Balaban J connectivity index is 1.67. The van der Waals surface area contributed by atoms with Crippen LogP contribution in [0.2, 0.25) is 0 Å². The summed E-state index contributed by atoms with van der Waals surface area (Å²) >= 11 is 0. The summed E-state index contributed by atoms with van der Waals surface area (Å²) in [6.45, 7) is 4.69. The third kappa shape index (κ3) is 5.76. The highest BCUT2D eigenvalue weighted by Crippen LogP contribution is 2.31. The van der Waals surface area contributed by atoms with Gasteiger partial charge in [0.1, 0.15) is 11.5 Å². The number of amides is 1. The summed E-state index contributed by atoms with van der Waals surface area (Å²) in [4.78, 5) is 26.8. The Hall–Kier alpha value is -4.38. The van der Waals surface area contributed by atoms with Crippen molar-refractivity contribution >= 4 is 11.9 Å². The number of carbonyl (C=O) groups is 2. The van der Waals surface area contributed by atoms with Gasteiger partial charge in [-0.2, -0.15) is 0 Å². The molecular weight excluding hydrogens is 438 g/mol. The molecular formula is C30H27NO4. The molecule has 1 N–H and O–H groups in total. The Bertz CT molecular complexity index is 1310. The molecule has 4 rings (SSSR count). The third-order valence-corrected chi connectivity index (χ3v) is 5.82. The lowest BCUT2D eigenvalue weighted by Gasteiger charge is -2.24. The summed E-state index contributed by atoms with van der Waals surface area (Å²) in [5.41, 5.74) is 4.50. The van der Waals surface area contributed by atoms with Crippen molar-refractivity contribution in [3.8, 4) is 11.5 Å². The Morgan fingerprint density at radius 2 is 1.29 bits per heavy atom. The number of hydrogen-bond donors (Lipinski definition) is 1. The summed E-state index contributed by atoms with van der Waals surface area (Å²) in [7, 11) is 0. The maximum Gasteiger partial charge on any atom is 0.335 e. The van der Waals surface area contributed by atoms with E-state index >= 15 is 0 Å². The van der Waals surface area contributed by atoms with Crippen molar-refractivity contribution in [1.29, 1.82) is 0 Å². The van der Waals surface area contributed by atoms with Gasteiger partial charge >= 0.3 is 5.97 Å². The van der Waals surface area contributed by atoms with Gasteiger partial charge in [0.2, 0.25) is 0 Å². The number of hydrogen-bond acceptors (Lipinski definition) is 3. The fourth-order valence-corrected chi connectivity index (χ4v) is 3.95. The number of carboxylic acids is 1. The topological polar surface area (TPSA) is 66.8 Å².